The van der Waals surface area contributed by atoms with Crippen molar-refractivity contribution in [2.45, 2.75) is 51.0 Å². The number of rotatable bonds is 1. The van der Waals surface area contributed by atoms with Gasteiger partial charge in [0.2, 0.25) is 0 Å². The Labute approximate surface area is 139 Å². The van der Waals surface area contributed by atoms with Gasteiger partial charge in [0.15, 0.2) is 0 Å². The van der Waals surface area contributed by atoms with Crippen LogP contribution in [0.4, 0.5) is 18.0 Å². The van der Waals surface area contributed by atoms with Gasteiger partial charge >= 0.3 is 12.3 Å². The first-order valence-electron chi connectivity index (χ1n) is 7.79. The molecule has 2 rings (SSSR count). The molecular weight excluding hydrogens is 323 g/mol. The van der Waals surface area contributed by atoms with Crippen LogP contribution in [0.25, 0.3) is 0 Å². The Morgan fingerprint density at radius 1 is 1.12 bits per heavy atom. The van der Waals surface area contributed by atoms with E-state index in [0.717, 1.165) is 12.1 Å². The minimum atomic E-state index is -4.40. The monoisotopic (exact) mass is 345 g/mol. The summed E-state index contributed by atoms with van der Waals surface area (Å²) in [7, 11) is 0. The summed E-state index contributed by atoms with van der Waals surface area (Å²) in [5, 5.41) is 10.7. The highest BCUT2D eigenvalue weighted by Gasteiger charge is 2.37. The van der Waals surface area contributed by atoms with Gasteiger partial charge in [0, 0.05) is 13.1 Å². The SMILES string of the molecule is CC(C)(C)OC(=O)N1CCC(O)(c2ccc(C(F)(F)F)cc2)CC1. The highest BCUT2D eigenvalue weighted by atomic mass is 19.4. The van der Waals surface area contributed by atoms with Gasteiger partial charge in [0.1, 0.15) is 5.60 Å². The quantitative estimate of drug-likeness (QED) is 0.839. The van der Waals surface area contributed by atoms with Gasteiger partial charge in [0.05, 0.1) is 11.2 Å². The summed E-state index contributed by atoms with van der Waals surface area (Å²) in [6.45, 7) is 5.88. The number of amides is 1. The largest absolute Gasteiger partial charge is 0.444 e. The molecule has 4 nitrogen and oxygen atoms in total. The van der Waals surface area contributed by atoms with E-state index in [1.807, 2.05) is 0 Å². The summed E-state index contributed by atoms with van der Waals surface area (Å²) in [4.78, 5) is 13.5. The van der Waals surface area contributed by atoms with Crippen LogP contribution < -0.4 is 0 Å². The van der Waals surface area contributed by atoms with Crippen molar-refractivity contribution in [1.82, 2.24) is 4.90 Å². The molecule has 0 saturated carbocycles. The molecule has 1 aromatic carbocycles. The number of likely N-dealkylation sites (tertiary alicyclic amines) is 1. The van der Waals surface area contributed by atoms with Gasteiger partial charge in [-0.2, -0.15) is 13.2 Å². The van der Waals surface area contributed by atoms with Gasteiger partial charge in [0.25, 0.3) is 0 Å². The number of nitrogens with zero attached hydrogens (tertiary/aromatic N) is 1. The molecule has 0 aromatic heterocycles. The van der Waals surface area contributed by atoms with Crippen LogP contribution in [0.3, 0.4) is 0 Å². The second-order valence-electron chi connectivity index (χ2n) is 7.07. The molecule has 1 aliphatic rings. The van der Waals surface area contributed by atoms with Crippen LogP contribution in [0.15, 0.2) is 24.3 Å². The van der Waals surface area contributed by atoms with Crippen molar-refractivity contribution in [3.63, 3.8) is 0 Å². The molecule has 24 heavy (non-hydrogen) atoms. The van der Waals surface area contributed by atoms with Crippen LogP contribution in [0.2, 0.25) is 0 Å². The topological polar surface area (TPSA) is 49.8 Å². The minimum absolute atomic E-state index is 0.248. The molecule has 0 aliphatic carbocycles. The molecule has 1 amide bonds. The van der Waals surface area contributed by atoms with E-state index in [9.17, 15) is 23.1 Å². The molecule has 0 unspecified atom stereocenters. The second-order valence-corrected chi connectivity index (χ2v) is 7.07. The molecule has 1 fully saturated rings. The Bertz CT molecular complexity index is 583. The van der Waals surface area contributed by atoms with Crippen molar-refractivity contribution < 1.29 is 27.8 Å². The minimum Gasteiger partial charge on any atom is -0.444 e. The van der Waals surface area contributed by atoms with E-state index in [4.69, 9.17) is 4.74 Å². The van der Waals surface area contributed by atoms with Gasteiger partial charge in [-0.05, 0) is 51.3 Å². The smallest absolute Gasteiger partial charge is 0.416 e. The summed E-state index contributed by atoms with van der Waals surface area (Å²) in [5.74, 6) is 0. The molecule has 0 spiro atoms. The van der Waals surface area contributed by atoms with Crippen LogP contribution >= 0.6 is 0 Å². The Hall–Kier alpha value is -1.76. The molecule has 0 atom stereocenters. The fourth-order valence-corrected chi connectivity index (χ4v) is 2.64. The van der Waals surface area contributed by atoms with Gasteiger partial charge in [-0.25, -0.2) is 4.79 Å². The van der Waals surface area contributed by atoms with Crippen molar-refractivity contribution >= 4 is 6.09 Å². The molecule has 1 aliphatic heterocycles. The lowest BCUT2D eigenvalue weighted by atomic mass is 9.84. The average molecular weight is 345 g/mol. The van der Waals surface area contributed by atoms with Crippen LogP contribution in [0.1, 0.15) is 44.7 Å². The van der Waals surface area contributed by atoms with Crippen molar-refractivity contribution in [3.8, 4) is 0 Å². The summed E-state index contributed by atoms with van der Waals surface area (Å²) in [6.07, 6.45) is -4.35. The van der Waals surface area contributed by atoms with Gasteiger partial charge in [-0.3, -0.25) is 0 Å². The number of halogens is 3. The van der Waals surface area contributed by atoms with Gasteiger partial charge < -0.3 is 14.7 Å². The number of benzene rings is 1. The first kappa shape index (κ1) is 18.6. The number of ether oxygens (including phenoxy) is 1. The number of carbonyl (C=O) groups excluding carboxylic acids is 1. The summed E-state index contributed by atoms with van der Waals surface area (Å²) in [6, 6.07) is 4.53. The third kappa shape index (κ3) is 4.41. The molecule has 0 bridgehead atoms. The fraction of sp³-hybridized carbons (Fsp3) is 0.588. The standard InChI is InChI=1S/C17H22F3NO3/c1-15(2,3)24-14(22)21-10-8-16(23,9-11-21)12-4-6-13(7-5-12)17(18,19)20/h4-7,23H,8-11H2,1-3H3. The van der Waals surface area contributed by atoms with Crippen LogP contribution in [-0.4, -0.2) is 34.8 Å². The normalized spacial score (nSPS) is 18.4. The zero-order valence-corrected chi connectivity index (χ0v) is 14.0. The summed E-state index contributed by atoms with van der Waals surface area (Å²) < 4.78 is 43.1. The Morgan fingerprint density at radius 3 is 2.04 bits per heavy atom. The summed E-state index contributed by atoms with van der Waals surface area (Å²) in [5.41, 5.74) is -2.15. The highest BCUT2D eigenvalue weighted by molar-refractivity contribution is 5.68. The predicted octanol–water partition coefficient (Wildman–Crippen LogP) is 3.92. The van der Waals surface area contributed by atoms with E-state index in [0.29, 0.717) is 5.56 Å². The van der Waals surface area contributed by atoms with E-state index >= 15 is 0 Å². The first-order valence-corrected chi connectivity index (χ1v) is 7.79. The third-order valence-corrected chi connectivity index (χ3v) is 3.99. The number of alkyl halides is 3. The average Bonchev–Trinajstić information content (AvgIpc) is 2.45. The zero-order chi connectivity index (χ0) is 18.2. The van der Waals surface area contributed by atoms with Crippen molar-refractivity contribution in [3.05, 3.63) is 35.4 Å². The first-order chi connectivity index (χ1) is 10.9. The Kier molecular flexibility index (Phi) is 4.86. The van der Waals surface area contributed by atoms with Crippen LogP contribution in [-0.2, 0) is 16.5 Å². The van der Waals surface area contributed by atoms with Crippen molar-refractivity contribution in [2.24, 2.45) is 0 Å². The molecule has 7 heteroatoms. The number of hydrogen-bond acceptors (Lipinski definition) is 3. The van der Waals surface area contributed by atoms with Crippen molar-refractivity contribution in [2.75, 3.05) is 13.1 Å². The van der Waals surface area contributed by atoms with E-state index in [2.05, 4.69) is 0 Å². The lowest BCUT2D eigenvalue weighted by Crippen LogP contribution is -2.46. The van der Waals surface area contributed by atoms with E-state index < -0.39 is 29.0 Å². The van der Waals surface area contributed by atoms with Gasteiger partial charge in [-0.1, -0.05) is 12.1 Å². The maximum absolute atomic E-state index is 12.6. The molecule has 1 heterocycles. The molecule has 1 N–H and O–H groups in total. The molecule has 1 aromatic rings. The van der Waals surface area contributed by atoms with Gasteiger partial charge in [-0.15, -0.1) is 0 Å². The number of aliphatic hydroxyl groups is 1. The highest BCUT2D eigenvalue weighted by Crippen LogP contribution is 2.35. The molecule has 0 radical (unpaired) electrons. The van der Waals surface area contributed by atoms with E-state index in [-0.39, 0.29) is 25.9 Å². The van der Waals surface area contributed by atoms with Crippen LogP contribution in [0, 0.1) is 0 Å². The Morgan fingerprint density at radius 2 is 1.62 bits per heavy atom. The molecule has 1 saturated heterocycles. The summed E-state index contributed by atoms with van der Waals surface area (Å²) >= 11 is 0. The van der Waals surface area contributed by atoms with E-state index in [1.165, 1.54) is 17.0 Å². The Balaban J connectivity index is 2.03. The van der Waals surface area contributed by atoms with E-state index in [1.54, 1.807) is 20.8 Å². The lowest BCUT2D eigenvalue weighted by molar-refractivity contribution is -0.137. The maximum Gasteiger partial charge on any atom is 0.416 e. The number of hydrogen-bond donors (Lipinski definition) is 1. The number of piperidine rings is 1. The zero-order valence-electron chi connectivity index (χ0n) is 14.0. The number of carbonyl (C=O) groups is 1. The maximum atomic E-state index is 12.6. The third-order valence-electron chi connectivity index (χ3n) is 3.99. The van der Waals surface area contributed by atoms with Crippen LogP contribution in [0.5, 0.6) is 0 Å². The van der Waals surface area contributed by atoms with Crippen molar-refractivity contribution in [1.29, 1.82) is 0 Å². The predicted molar refractivity (Wildman–Crippen MR) is 82.4 cm³/mol. The molecule has 134 valence electrons. The molecular formula is C17H22F3NO3. The lowest BCUT2D eigenvalue weighted by Gasteiger charge is -2.39. The fourth-order valence-electron chi connectivity index (χ4n) is 2.64. The second kappa shape index (κ2) is 6.27.